The van der Waals surface area contributed by atoms with Gasteiger partial charge in [0.15, 0.2) is 0 Å². The van der Waals surface area contributed by atoms with Gasteiger partial charge in [-0.25, -0.2) is 8.42 Å². The van der Waals surface area contributed by atoms with E-state index in [2.05, 4.69) is 21.2 Å². The number of amides is 2. The molecule has 0 aliphatic rings. The Hall–Kier alpha value is -3.37. The number of nitrogens with zero attached hydrogens (tertiary/aromatic N) is 2. The summed E-state index contributed by atoms with van der Waals surface area (Å²) >= 11 is 16.1. The van der Waals surface area contributed by atoms with E-state index in [4.69, 9.17) is 23.2 Å². The van der Waals surface area contributed by atoms with Crippen molar-refractivity contribution in [1.82, 2.24) is 10.2 Å². The van der Waals surface area contributed by atoms with E-state index < -0.39 is 28.5 Å². The average molecular weight is 689 g/mol. The molecule has 0 fully saturated rings. The molecule has 7 nitrogen and oxygen atoms in total. The number of benzene rings is 4. The van der Waals surface area contributed by atoms with Gasteiger partial charge in [0, 0.05) is 29.5 Å². The van der Waals surface area contributed by atoms with Gasteiger partial charge in [0.05, 0.1) is 15.6 Å². The van der Waals surface area contributed by atoms with Gasteiger partial charge in [-0.3, -0.25) is 13.9 Å². The molecule has 218 valence electrons. The number of halogens is 3. The van der Waals surface area contributed by atoms with Gasteiger partial charge in [-0.05, 0) is 53.6 Å². The molecule has 0 heterocycles. The van der Waals surface area contributed by atoms with Gasteiger partial charge in [-0.1, -0.05) is 99.8 Å². The fourth-order valence-electron chi connectivity index (χ4n) is 4.42. The maximum atomic E-state index is 14.3. The minimum absolute atomic E-state index is 0.0274. The molecule has 0 aliphatic carbocycles. The maximum absolute atomic E-state index is 14.3. The Labute approximate surface area is 264 Å². The van der Waals surface area contributed by atoms with Crippen LogP contribution in [0.5, 0.6) is 0 Å². The summed E-state index contributed by atoms with van der Waals surface area (Å²) in [5.74, 6) is -0.986. The molecule has 0 bridgehead atoms. The molecule has 0 radical (unpaired) electrons. The highest BCUT2D eigenvalue weighted by molar-refractivity contribution is 9.10. The third kappa shape index (κ3) is 7.72. The van der Waals surface area contributed by atoms with Crippen molar-refractivity contribution in [1.29, 1.82) is 0 Å². The van der Waals surface area contributed by atoms with E-state index in [0.29, 0.717) is 0 Å². The zero-order valence-electron chi connectivity index (χ0n) is 22.6. The predicted molar refractivity (Wildman–Crippen MR) is 170 cm³/mol. The molecule has 0 unspecified atom stereocenters. The standard InChI is InChI=1S/C31H28BrCl2N3O4S/c1-35-31(39)29(18-22-8-4-2-5-9-22)36(20-23-12-14-24(32)15-13-23)30(38)21-37(28-19-25(33)16-17-27(28)34)42(40,41)26-10-6-3-7-11-26/h2-17,19,29H,18,20-21H2,1H3,(H,35,39)/t29-/m1/s1. The third-order valence-electron chi connectivity index (χ3n) is 6.57. The monoisotopic (exact) mass is 687 g/mol. The van der Waals surface area contributed by atoms with E-state index in [9.17, 15) is 18.0 Å². The highest BCUT2D eigenvalue weighted by Gasteiger charge is 2.35. The Kier molecular flexibility index (Phi) is 10.7. The number of nitrogens with one attached hydrogen (secondary N) is 1. The van der Waals surface area contributed by atoms with Gasteiger partial charge in [-0.2, -0.15) is 0 Å². The van der Waals surface area contributed by atoms with Crippen molar-refractivity contribution in [2.75, 3.05) is 17.9 Å². The van der Waals surface area contributed by atoms with Crippen molar-refractivity contribution in [2.24, 2.45) is 0 Å². The van der Waals surface area contributed by atoms with E-state index >= 15 is 0 Å². The van der Waals surface area contributed by atoms with Crippen LogP contribution in [-0.4, -0.2) is 44.8 Å². The van der Waals surface area contributed by atoms with Crippen molar-refractivity contribution in [3.63, 3.8) is 0 Å². The maximum Gasteiger partial charge on any atom is 0.264 e. The lowest BCUT2D eigenvalue weighted by Crippen LogP contribution is -2.53. The normalized spacial score (nSPS) is 11.9. The highest BCUT2D eigenvalue weighted by Crippen LogP contribution is 2.33. The molecule has 42 heavy (non-hydrogen) atoms. The fourth-order valence-corrected chi connectivity index (χ4v) is 6.56. The summed E-state index contributed by atoms with van der Waals surface area (Å²) in [5, 5.41) is 3.00. The number of carbonyl (C=O) groups is 2. The zero-order valence-corrected chi connectivity index (χ0v) is 26.5. The van der Waals surface area contributed by atoms with Crippen LogP contribution >= 0.6 is 39.1 Å². The molecule has 0 saturated carbocycles. The van der Waals surface area contributed by atoms with Crippen molar-refractivity contribution in [2.45, 2.75) is 23.9 Å². The van der Waals surface area contributed by atoms with Crippen molar-refractivity contribution in [3.05, 3.63) is 129 Å². The van der Waals surface area contributed by atoms with Crippen molar-refractivity contribution < 1.29 is 18.0 Å². The number of hydrogen-bond donors (Lipinski definition) is 1. The Morgan fingerprint density at radius 3 is 2.10 bits per heavy atom. The quantitative estimate of drug-likeness (QED) is 0.199. The molecule has 11 heteroatoms. The first-order chi connectivity index (χ1) is 20.1. The van der Waals surface area contributed by atoms with Crippen LogP contribution in [0.2, 0.25) is 10.0 Å². The molecular weight excluding hydrogens is 661 g/mol. The second-order valence-corrected chi connectivity index (χ2v) is 13.0. The summed E-state index contributed by atoms with van der Waals surface area (Å²) in [6, 6.07) is 27.9. The molecule has 0 saturated heterocycles. The predicted octanol–water partition coefficient (Wildman–Crippen LogP) is 6.34. The molecule has 0 aliphatic heterocycles. The second kappa shape index (κ2) is 14.2. The van der Waals surface area contributed by atoms with Gasteiger partial charge in [-0.15, -0.1) is 0 Å². The average Bonchev–Trinajstić information content (AvgIpc) is 3.00. The van der Waals surface area contributed by atoms with Gasteiger partial charge in [0.2, 0.25) is 11.8 Å². The van der Waals surface area contributed by atoms with Crippen LogP contribution in [0.25, 0.3) is 0 Å². The van der Waals surface area contributed by atoms with Crippen LogP contribution in [0, 0.1) is 0 Å². The lowest BCUT2D eigenvalue weighted by atomic mass is 10.0. The number of rotatable bonds is 11. The molecule has 1 N–H and O–H groups in total. The van der Waals surface area contributed by atoms with E-state index in [-0.39, 0.29) is 39.5 Å². The largest absolute Gasteiger partial charge is 0.357 e. The van der Waals surface area contributed by atoms with Gasteiger partial charge >= 0.3 is 0 Å². The first kappa shape index (κ1) is 31.6. The first-order valence-corrected chi connectivity index (χ1v) is 15.9. The minimum atomic E-state index is -4.27. The summed E-state index contributed by atoms with van der Waals surface area (Å²) in [7, 11) is -2.77. The summed E-state index contributed by atoms with van der Waals surface area (Å²) in [4.78, 5) is 29.0. The SMILES string of the molecule is CNC(=O)[C@@H](Cc1ccccc1)N(Cc1ccc(Br)cc1)C(=O)CN(c1cc(Cl)ccc1Cl)S(=O)(=O)c1ccccc1. The van der Waals surface area contributed by atoms with E-state index in [1.807, 2.05) is 54.6 Å². The zero-order chi connectivity index (χ0) is 30.3. The minimum Gasteiger partial charge on any atom is -0.357 e. The van der Waals surface area contributed by atoms with Crippen LogP contribution in [0.1, 0.15) is 11.1 Å². The topological polar surface area (TPSA) is 86.8 Å². The van der Waals surface area contributed by atoms with Crippen LogP contribution in [0.3, 0.4) is 0 Å². The summed E-state index contributed by atoms with van der Waals surface area (Å²) in [6.07, 6.45) is 0.214. The Morgan fingerprint density at radius 2 is 1.48 bits per heavy atom. The molecule has 4 aromatic carbocycles. The van der Waals surface area contributed by atoms with Crippen LogP contribution in [0.4, 0.5) is 5.69 Å². The number of hydrogen-bond acceptors (Lipinski definition) is 4. The molecule has 2 amide bonds. The van der Waals surface area contributed by atoms with Crippen LogP contribution in [-0.2, 0) is 32.6 Å². The molecule has 0 aromatic heterocycles. The smallest absolute Gasteiger partial charge is 0.264 e. The number of carbonyl (C=O) groups excluding carboxylic acids is 2. The Bertz CT molecular complexity index is 1640. The lowest BCUT2D eigenvalue weighted by molar-refractivity contribution is -0.139. The lowest BCUT2D eigenvalue weighted by Gasteiger charge is -2.33. The van der Waals surface area contributed by atoms with Gasteiger partial charge in [0.1, 0.15) is 12.6 Å². The van der Waals surface area contributed by atoms with Crippen molar-refractivity contribution >= 4 is 66.7 Å². The number of sulfonamides is 1. The Balaban J connectivity index is 1.81. The molecule has 1 atom stereocenters. The molecular formula is C31H28BrCl2N3O4S. The summed E-state index contributed by atoms with van der Waals surface area (Å²) < 4.78 is 29.7. The van der Waals surface area contributed by atoms with E-state index in [1.54, 1.807) is 18.2 Å². The van der Waals surface area contributed by atoms with Crippen LogP contribution in [0.15, 0.2) is 112 Å². The van der Waals surface area contributed by atoms with E-state index in [0.717, 1.165) is 19.9 Å². The third-order valence-corrected chi connectivity index (χ3v) is 9.43. The van der Waals surface area contributed by atoms with Gasteiger partial charge < -0.3 is 10.2 Å². The molecule has 4 rings (SSSR count). The fraction of sp³-hybridized carbons (Fsp3) is 0.161. The summed E-state index contributed by atoms with van der Waals surface area (Å²) in [5.41, 5.74) is 1.64. The van der Waals surface area contributed by atoms with E-state index in [1.165, 1.54) is 42.3 Å². The molecule has 4 aromatic rings. The Morgan fingerprint density at radius 1 is 0.857 bits per heavy atom. The molecule has 0 spiro atoms. The second-order valence-electron chi connectivity index (χ2n) is 9.39. The first-order valence-electron chi connectivity index (χ1n) is 12.9. The summed E-state index contributed by atoms with van der Waals surface area (Å²) in [6.45, 7) is -0.574. The van der Waals surface area contributed by atoms with Gasteiger partial charge in [0.25, 0.3) is 10.0 Å². The highest BCUT2D eigenvalue weighted by atomic mass is 79.9. The van der Waals surface area contributed by atoms with Crippen LogP contribution < -0.4 is 9.62 Å². The number of anilines is 1. The number of likely N-dealkylation sites (N-methyl/N-ethyl adjacent to an activating group) is 1. The van der Waals surface area contributed by atoms with Crippen molar-refractivity contribution in [3.8, 4) is 0 Å².